The molecular formula is C25H35N5O3S. The lowest BCUT2D eigenvalue weighted by Gasteiger charge is -2.30. The monoisotopic (exact) mass is 485 g/mol. The predicted molar refractivity (Wildman–Crippen MR) is 135 cm³/mol. The lowest BCUT2D eigenvalue weighted by molar-refractivity contribution is 0.0943. The summed E-state index contributed by atoms with van der Waals surface area (Å²) in [6.45, 7) is 6.73. The van der Waals surface area contributed by atoms with E-state index in [-0.39, 0.29) is 16.8 Å². The smallest absolute Gasteiger partial charge is 0.262 e. The summed E-state index contributed by atoms with van der Waals surface area (Å²) in [4.78, 5) is 19.3. The number of carbonyl (C=O) groups is 1. The second-order valence-electron chi connectivity index (χ2n) is 9.47. The SMILES string of the molecule is CC(C)NC(=O)c1cnc(N2CCNCC2)c(NS(=O)(=O)c2ccc(C3CCCCC3)cc2)c1. The molecule has 1 saturated heterocycles. The molecule has 0 bridgehead atoms. The zero-order chi connectivity index (χ0) is 24.1. The predicted octanol–water partition coefficient (Wildman–Crippen LogP) is 3.48. The van der Waals surface area contributed by atoms with Crippen LogP contribution in [0.5, 0.6) is 0 Å². The average molecular weight is 486 g/mol. The summed E-state index contributed by atoms with van der Waals surface area (Å²) < 4.78 is 29.3. The van der Waals surface area contributed by atoms with E-state index in [1.165, 1.54) is 31.0 Å². The molecule has 9 heteroatoms. The van der Waals surface area contributed by atoms with Gasteiger partial charge < -0.3 is 15.5 Å². The lowest BCUT2D eigenvalue weighted by Crippen LogP contribution is -2.44. The van der Waals surface area contributed by atoms with Gasteiger partial charge in [-0.2, -0.15) is 0 Å². The molecule has 1 amide bonds. The normalized spacial score (nSPS) is 17.6. The number of sulfonamides is 1. The summed E-state index contributed by atoms with van der Waals surface area (Å²) in [5, 5.41) is 6.13. The van der Waals surface area contributed by atoms with Crippen LogP contribution < -0.4 is 20.3 Å². The van der Waals surface area contributed by atoms with Crippen molar-refractivity contribution in [1.82, 2.24) is 15.6 Å². The topological polar surface area (TPSA) is 103 Å². The van der Waals surface area contributed by atoms with Crippen LogP contribution in [0.25, 0.3) is 0 Å². The number of rotatable bonds is 7. The fourth-order valence-electron chi connectivity index (χ4n) is 4.69. The quantitative estimate of drug-likeness (QED) is 0.555. The van der Waals surface area contributed by atoms with E-state index >= 15 is 0 Å². The second-order valence-corrected chi connectivity index (χ2v) is 11.2. The van der Waals surface area contributed by atoms with Crippen LogP contribution in [-0.4, -0.2) is 51.5 Å². The highest BCUT2D eigenvalue weighted by atomic mass is 32.2. The van der Waals surface area contributed by atoms with E-state index in [9.17, 15) is 13.2 Å². The van der Waals surface area contributed by atoms with Crippen molar-refractivity contribution >= 4 is 27.4 Å². The first-order chi connectivity index (χ1) is 16.3. The lowest BCUT2D eigenvalue weighted by atomic mass is 9.84. The van der Waals surface area contributed by atoms with Crippen LogP contribution in [0.2, 0.25) is 0 Å². The second kappa shape index (κ2) is 10.7. The van der Waals surface area contributed by atoms with Crippen LogP contribution in [0.1, 0.15) is 67.8 Å². The van der Waals surface area contributed by atoms with Gasteiger partial charge in [-0.05, 0) is 56.4 Å². The summed E-state index contributed by atoms with van der Waals surface area (Å²) >= 11 is 0. The fourth-order valence-corrected chi connectivity index (χ4v) is 5.74. The summed E-state index contributed by atoms with van der Waals surface area (Å²) in [6.07, 6.45) is 7.57. The maximum Gasteiger partial charge on any atom is 0.262 e. The van der Waals surface area contributed by atoms with Gasteiger partial charge >= 0.3 is 0 Å². The number of nitrogens with zero attached hydrogens (tertiary/aromatic N) is 2. The van der Waals surface area contributed by atoms with E-state index in [0.717, 1.165) is 25.9 Å². The third-order valence-corrected chi connectivity index (χ3v) is 7.86. The summed E-state index contributed by atoms with van der Waals surface area (Å²) in [5.41, 5.74) is 1.83. The number of hydrogen-bond acceptors (Lipinski definition) is 6. The van der Waals surface area contributed by atoms with Crippen LogP contribution in [-0.2, 0) is 10.0 Å². The highest BCUT2D eigenvalue weighted by molar-refractivity contribution is 7.92. The van der Waals surface area contributed by atoms with Crippen molar-refractivity contribution in [3.05, 3.63) is 47.7 Å². The molecule has 2 aliphatic rings. The summed E-state index contributed by atoms with van der Waals surface area (Å²) in [7, 11) is -3.85. The highest BCUT2D eigenvalue weighted by Gasteiger charge is 2.23. The number of amides is 1. The van der Waals surface area contributed by atoms with E-state index in [4.69, 9.17) is 0 Å². The van der Waals surface area contributed by atoms with Gasteiger partial charge in [0.1, 0.15) is 0 Å². The molecule has 2 fully saturated rings. The Morgan fingerprint density at radius 2 is 1.76 bits per heavy atom. The molecule has 2 heterocycles. The molecule has 0 spiro atoms. The number of hydrogen-bond donors (Lipinski definition) is 3. The Hall–Kier alpha value is -2.65. The molecule has 184 valence electrons. The van der Waals surface area contributed by atoms with Crippen molar-refractivity contribution in [1.29, 1.82) is 0 Å². The van der Waals surface area contributed by atoms with Gasteiger partial charge in [-0.15, -0.1) is 0 Å². The number of benzene rings is 1. The molecule has 1 aromatic carbocycles. The van der Waals surface area contributed by atoms with Crippen molar-refractivity contribution in [2.45, 2.75) is 62.8 Å². The Morgan fingerprint density at radius 1 is 1.09 bits per heavy atom. The molecule has 34 heavy (non-hydrogen) atoms. The highest BCUT2D eigenvalue weighted by Crippen LogP contribution is 2.33. The Balaban J connectivity index is 1.61. The van der Waals surface area contributed by atoms with Crippen molar-refractivity contribution < 1.29 is 13.2 Å². The summed E-state index contributed by atoms with van der Waals surface area (Å²) in [6, 6.07) is 8.77. The molecule has 0 atom stereocenters. The average Bonchev–Trinajstić information content (AvgIpc) is 2.84. The summed E-state index contributed by atoms with van der Waals surface area (Å²) in [5.74, 6) is 0.759. The van der Waals surface area contributed by atoms with Crippen LogP contribution in [0.3, 0.4) is 0 Å². The Labute approximate surface area is 202 Å². The van der Waals surface area contributed by atoms with Gasteiger partial charge in [0.2, 0.25) is 0 Å². The van der Waals surface area contributed by atoms with Gasteiger partial charge in [0.25, 0.3) is 15.9 Å². The van der Waals surface area contributed by atoms with Gasteiger partial charge in [-0.25, -0.2) is 13.4 Å². The molecule has 1 aliphatic carbocycles. The molecule has 0 radical (unpaired) electrons. The first kappa shape index (κ1) is 24.5. The van der Waals surface area contributed by atoms with Gasteiger partial charge in [-0.3, -0.25) is 9.52 Å². The molecule has 3 N–H and O–H groups in total. The number of anilines is 2. The van der Waals surface area contributed by atoms with Crippen LogP contribution in [0, 0.1) is 0 Å². The molecule has 1 aromatic heterocycles. The van der Waals surface area contributed by atoms with Crippen molar-refractivity contribution in [3.8, 4) is 0 Å². The van der Waals surface area contributed by atoms with E-state index < -0.39 is 10.0 Å². The molecule has 2 aromatic rings. The van der Waals surface area contributed by atoms with E-state index in [0.29, 0.717) is 36.1 Å². The first-order valence-corrected chi connectivity index (χ1v) is 13.7. The number of nitrogens with one attached hydrogen (secondary N) is 3. The zero-order valence-corrected chi connectivity index (χ0v) is 20.8. The van der Waals surface area contributed by atoms with E-state index in [1.54, 1.807) is 18.2 Å². The Bertz CT molecular complexity index is 1090. The van der Waals surface area contributed by atoms with Gasteiger partial charge in [-0.1, -0.05) is 31.4 Å². The molecule has 4 rings (SSSR count). The van der Waals surface area contributed by atoms with Gasteiger partial charge in [0, 0.05) is 38.4 Å². The molecule has 1 aliphatic heterocycles. The van der Waals surface area contributed by atoms with Gasteiger partial charge in [0.15, 0.2) is 5.82 Å². The first-order valence-electron chi connectivity index (χ1n) is 12.2. The Kier molecular flexibility index (Phi) is 7.73. The number of carbonyl (C=O) groups excluding carboxylic acids is 1. The molecule has 0 unspecified atom stereocenters. The largest absolute Gasteiger partial charge is 0.352 e. The Morgan fingerprint density at radius 3 is 2.41 bits per heavy atom. The van der Waals surface area contributed by atoms with E-state index in [1.807, 2.05) is 30.9 Å². The third kappa shape index (κ3) is 5.88. The number of piperazine rings is 1. The number of aromatic nitrogens is 1. The van der Waals surface area contributed by atoms with Gasteiger partial charge in [0.05, 0.1) is 16.1 Å². The minimum absolute atomic E-state index is 0.0387. The third-order valence-electron chi connectivity index (χ3n) is 6.48. The van der Waals surface area contributed by atoms with Crippen LogP contribution in [0.4, 0.5) is 11.5 Å². The van der Waals surface area contributed by atoms with Crippen LogP contribution in [0.15, 0.2) is 41.4 Å². The molecule has 8 nitrogen and oxygen atoms in total. The van der Waals surface area contributed by atoms with Crippen molar-refractivity contribution in [2.75, 3.05) is 35.8 Å². The fraction of sp³-hybridized carbons (Fsp3) is 0.520. The standard InChI is InChI=1S/C25H35N5O3S/c1-18(2)28-25(31)21-16-23(24(27-17-21)30-14-12-26-13-15-30)29-34(32,33)22-10-8-20(9-11-22)19-6-4-3-5-7-19/h8-11,16-19,26,29H,3-7,12-15H2,1-2H3,(H,28,31). The number of pyridine rings is 1. The van der Waals surface area contributed by atoms with Crippen molar-refractivity contribution in [3.63, 3.8) is 0 Å². The minimum atomic E-state index is -3.85. The van der Waals surface area contributed by atoms with Crippen LogP contribution >= 0.6 is 0 Å². The maximum absolute atomic E-state index is 13.3. The molecular weight excluding hydrogens is 450 g/mol. The minimum Gasteiger partial charge on any atom is -0.352 e. The zero-order valence-electron chi connectivity index (χ0n) is 20.0. The molecule has 1 saturated carbocycles. The maximum atomic E-state index is 13.3. The van der Waals surface area contributed by atoms with Crippen molar-refractivity contribution in [2.24, 2.45) is 0 Å². The van der Waals surface area contributed by atoms with E-state index in [2.05, 4.69) is 20.3 Å².